The van der Waals surface area contributed by atoms with Crippen LogP contribution >= 0.6 is 11.3 Å². The summed E-state index contributed by atoms with van der Waals surface area (Å²) in [6, 6.07) is 3.62. The van der Waals surface area contributed by atoms with Crippen LogP contribution in [-0.4, -0.2) is 41.6 Å². The molecule has 1 aromatic rings. The van der Waals surface area contributed by atoms with Crippen molar-refractivity contribution in [3.63, 3.8) is 0 Å². The molecule has 5 nitrogen and oxygen atoms in total. The van der Waals surface area contributed by atoms with Gasteiger partial charge in [0.15, 0.2) is 5.78 Å². The molecule has 0 spiro atoms. The lowest BCUT2D eigenvalue weighted by atomic mass is 10.2. The second kappa shape index (κ2) is 8.56. The Morgan fingerprint density at radius 3 is 2.52 bits per heavy atom. The highest BCUT2D eigenvalue weighted by Crippen LogP contribution is 2.12. The minimum Gasteiger partial charge on any atom is -0.352 e. The fourth-order valence-electron chi connectivity index (χ4n) is 1.86. The van der Waals surface area contributed by atoms with Crippen molar-refractivity contribution < 1.29 is 14.4 Å². The van der Waals surface area contributed by atoms with Crippen molar-refractivity contribution >= 4 is 28.9 Å². The van der Waals surface area contributed by atoms with Gasteiger partial charge < -0.3 is 10.2 Å². The summed E-state index contributed by atoms with van der Waals surface area (Å²) in [5.74, 6) is -0.368. The largest absolute Gasteiger partial charge is 0.352 e. The van der Waals surface area contributed by atoms with Gasteiger partial charge in [0.25, 0.3) is 0 Å². The van der Waals surface area contributed by atoms with E-state index in [1.54, 1.807) is 6.07 Å². The van der Waals surface area contributed by atoms with Crippen LogP contribution in [0, 0.1) is 0 Å². The molecule has 0 bridgehead atoms. The van der Waals surface area contributed by atoms with Crippen LogP contribution in [0.3, 0.4) is 0 Å². The molecule has 0 radical (unpaired) electrons. The number of carbonyl (C=O) groups is 3. The first-order valence-electron chi connectivity index (χ1n) is 7.07. The van der Waals surface area contributed by atoms with E-state index in [4.69, 9.17) is 0 Å². The minimum atomic E-state index is -0.176. The second-order valence-electron chi connectivity index (χ2n) is 5.03. The quantitative estimate of drug-likeness (QED) is 0.748. The van der Waals surface area contributed by atoms with E-state index in [2.05, 4.69) is 5.32 Å². The first-order valence-corrected chi connectivity index (χ1v) is 7.95. The molecule has 0 aliphatic heterocycles. The molecule has 0 aliphatic carbocycles. The Morgan fingerprint density at radius 2 is 2.00 bits per heavy atom. The van der Waals surface area contributed by atoms with Crippen molar-refractivity contribution in [3.8, 4) is 0 Å². The normalized spacial score (nSPS) is 10.5. The Hall–Kier alpha value is -1.69. The highest BCUT2D eigenvalue weighted by atomic mass is 32.1. The number of Topliss-reactive ketones (excluding diaryl/α,β-unsaturated/α-hetero) is 1. The van der Waals surface area contributed by atoms with E-state index in [0.29, 0.717) is 11.4 Å². The van der Waals surface area contributed by atoms with Crippen molar-refractivity contribution in [2.75, 3.05) is 13.1 Å². The average molecular weight is 310 g/mol. The van der Waals surface area contributed by atoms with Gasteiger partial charge in [-0.3, -0.25) is 14.4 Å². The molecule has 2 amide bonds. The Morgan fingerprint density at radius 1 is 1.29 bits per heavy atom. The summed E-state index contributed by atoms with van der Waals surface area (Å²) in [5, 5.41) is 4.59. The molecular weight excluding hydrogens is 288 g/mol. The number of nitrogens with zero attached hydrogens (tertiary/aromatic N) is 1. The lowest BCUT2D eigenvalue weighted by Crippen LogP contribution is -2.42. The summed E-state index contributed by atoms with van der Waals surface area (Å²) < 4.78 is 0. The summed E-state index contributed by atoms with van der Waals surface area (Å²) in [5.41, 5.74) is 0. The van der Waals surface area contributed by atoms with Crippen molar-refractivity contribution in [2.45, 2.75) is 39.7 Å². The number of rotatable bonds is 8. The lowest BCUT2D eigenvalue weighted by Gasteiger charge is -2.21. The van der Waals surface area contributed by atoms with Gasteiger partial charge in [-0.1, -0.05) is 6.07 Å². The van der Waals surface area contributed by atoms with Crippen molar-refractivity contribution in [1.82, 2.24) is 10.2 Å². The Labute approximate surface area is 129 Å². The molecule has 0 atom stereocenters. The number of likely N-dealkylation sites (N-methyl/N-ethyl adjacent to an activating group) is 1. The lowest BCUT2D eigenvalue weighted by molar-refractivity contribution is -0.136. The van der Waals surface area contributed by atoms with Crippen LogP contribution in [-0.2, 0) is 9.59 Å². The van der Waals surface area contributed by atoms with E-state index in [-0.39, 0.29) is 43.0 Å². The van der Waals surface area contributed by atoms with E-state index < -0.39 is 0 Å². The van der Waals surface area contributed by atoms with Gasteiger partial charge in [0, 0.05) is 25.4 Å². The van der Waals surface area contributed by atoms with E-state index in [1.165, 1.54) is 16.2 Å². The summed E-state index contributed by atoms with van der Waals surface area (Å²) in [7, 11) is 0. The third-order valence-electron chi connectivity index (χ3n) is 2.88. The second-order valence-corrected chi connectivity index (χ2v) is 5.98. The Bertz CT molecular complexity index is 483. The van der Waals surface area contributed by atoms with Gasteiger partial charge in [-0.05, 0) is 32.2 Å². The van der Waals surface area contributed by atoms with Crippen LogP contribution in [0.4, 0.5) is 0 Å². The molecule has 1 rings (SSSR count). The smallest absolute Gasteiger partial charge is 0.239 e. The zero-order chi connectivity index (χ0) is 15.8. The highest BCUT2D eigenvalue weighted by molar-refractivity contribution is 7.12. The average Bonchev–Trinajstić information content (AvgIpc) is 2.95. The number of thiophene rings is 1. The van der Waals surface area contributed by atoms with Crippen molar-refractivity contribution in [3.05, 3.63) is 22.4 Å². The maximum atomic E-state index is 12.1. The van der Waals surface area contributed by atoms with Crippen molar-refractivity contribution in [2.24, 2.45) is 0 Å². The molecule has 0 unspecified atom stereocenters. The number of amides is 2. The van der Waals surface area contributed by atoms with Gasteiger partial charge >= 0.3 is 0 Å². The molecular formula is C15H22N2O3S. The number of ketones is 1. The molecule has 0 saturated carbocycles. The third-order valence-corrected chi connectivity index (χ3v) is 3.79. The van der Waals surface area contributed by atoms with Gasteiger partial charge in [-0.15, -0.1) is 11.3 Å². The highest BCUT2D eigenvalue weighted by Gasteiger charge is 2.17. The molecule has 21 heavy (non-hydrogen) atoms. The molecule has 1 heterocycles. The zero-order valence-corrected chi connectivity index (χ0v) is 13.5. The van der Waals surface area contributed by atoms with Crippen LogP contribution in [0.2, 0.25) is 0 Å². The van der Waals surface area contributed by atoms with Crippen LogP contribution in [0.5, 0.6) is 0 Å². The monoisotopic (exact) mass is 310 g/mol. The fourth-order valence-corrected chi connectivity index (χ4v) is 2.55. The molecule has 0 aromatic carbocycles. The van der Waals surface area contributed by atoms with Crippen LogP contribution in [0.15, 0.2) is 17.5 Å². The minimum absolute atomic E-state index is 0.0268. The first-order chi connectivity index (χ1) is 9.93. The zero-order valence-electron chi connectivity index (χ0n) is 12.7. The molecule has 1 aromatic heterocycles. The van der Waals surface area contributed by atoms with Crippen molar-refractivity contribution in [1.29, 1.82) is 0 Å². The molecule has 6 heteroatoms. The van der Waals surface area contributed by atoms with Gasteiger partial charge in [-0.25, -0.2) is 0 Å². The molecule has 116 valence electrons. The fraction of sp³-hybridized carbons (Fsp3) is 0.533. The van der Waals surface area contributed by atoms with E-state index in [0.717, 1.165) is 0 Å². The van der Waals surface area contributed by atoms with Gasteiger partial charge in [0.1, 0.15) is 0 Å². The third kappa shape index (κ3) is 6.08. The molecule has 0 saturated heterocycles. The molecule has 1 N–H and O–H groups in total. The molecule has 0 aliphatic rings. The topological polar surface area (TPSA) is 66.5 Å². The predicted octanol–water partition coefficient (Wildman–Crippen LogP) is 2.08. The van der Waals surface area contributed by atoms with Crippen LogP contribution in [0.1, 0.15) is 43.3 Å². The van der Waals surface area contributed by atoms with Gasteiger partial charge in [0.05, 0.1) is 11.4 Å². The standard InChI is InChI=1S/C15H22N2O3S/c1-4-17(10-14(19)16-11(2)3)15(20)8-7-12(18)13-6-5-9-21-13/h5-6,9,11H,4,7-8,10H2,1-3H3,(H,16,19). The summed E-state index contributed by atoms with van der Waals surface area (Å²) >= 11 is 1.38. The van der Waals surface area contributed by atoms with E-state index >= 15 is 0 Å². The number of nitrogens with one attached hydrogen (secondary N) is 1. The molecule has 0 fully saturated rings. The van der Waals surface area contributed by atoms with Crippen LogP contribution < -0.4 is 5.32 Å². The number of hydrogen-bond donors (Lipinski definition) is 1. The summed E-state index contributed by atoms with van der Waals surface area (Å²) in [6.07, 6.45) is 0.321. The number of carbonyl (C=O) groups excluding carboxylic acids is 3. The Balaban J connectivity index is 2.44. The first kappa shape index (κ1) is 17.4. The maximum absolute atomic E-state index is 12.1. The van der Waals surface area contributed by atoms with Crippen LogP contribution in [0.25, 0.3) is 0 Å². The predicted molar refractivity (Wildman–Crippen MR) is 83.4 cm³/mol. The SMILES string of the molecule is CCN(CC(=O)NC(C)C)C(=O)CCC(=O)c1cccs1. The van der Waals surface area contributed by atoms with Gasteiger partial charge in [-0.2, -0.15) is 0 Å². The number of hydrogen-bond acceptors (Lipinski definition) is 4. The van der Waals surface area contributed by atoms with E-state index in [1.807, 2.05) is 32.2 Å². The van der Waals surface area contributed by atoms with Gasteiger partial charge in [0.2, 0.25) is 11.8 Å². The summed E-state index contributed by atoms with van der Waals surface area (Å²) in [6.45, 7) is 6.06. The Kier molecular flexibility index (Phi) is 7.08. The van der Waals surface area contributed by atoms with E-state index in [9.17, 15) is 14.4 Å². The summed E-state index contributed by atoms with van der Waals surface area (Å²) in [4.78, 5) is 37.7. The maximum Gasteiger partial charge on any atom is 0.239 e.